The van der Waals surface area contributed by atoms with Crippen molar-refractivity contribution >= 4 is 23.1 Å². The Hall–Kier alpha value is -1.89. The molecule has 3 rings (SSSR count). The number of halogens is 3. The van der Waals surface area contributed by atoms with Gasteiger partial charge in [0.05, 0.1) is 11.1 Å². The molecule has 0 spiro atoms. The van der Waals surface area contributed by atoms with E-state index in [0.29, 0.717) is 0 Å². The van der Waals surface area contributed by atoms with Crippen molar-refractivity contribution < 1.29 is 22.7 Å². The largest absolute Gasteiger partial charge is 0.436 e. The molecule has 0 amide bonds. The molecule has 0 bridgehead atoms. The van der Waals surface area contributed by atoms with Crippen molar-refractivity contribution in [2.45, 2.75) is 25.1 Å². The minimum Gasteiger partial charge on any atom is -0.436 e. The summed E-state index contributed by atoms with van der Waals surface area (Å²) in [5.74, 6) is -0.0213. The molecule has 2 aliphatic rings. The summed E-state index contributed by atoms with van der Waals surface area (Å²) in [7, 11) is 0. The van der Waals surface area contributed by atoms with E-state index in [1.165, 1.54) is 23.9 Å². The summed E-state index contributed by atoms with van der Waals surface area (Å²) in [5.41, 5.74) is -0.427. The molecule has 0 radical (unpaired) electrons. The van der Waals surface area contributed by atoms with Gasteiger partial charge in [0.2, 0.25) is 11.7 Å². The Morgan fingerprint density at radius 1 is 1.35 bits per heavy atom. The Labute approximate surface area is 135 Å². The molecule has 7 heteroatoms. The molecular formula is C16H14F3NO2S. The number of hydrogen-bond donors (Lipinski definition) is 1. The lowest BCUT2D eigenvalue weighted by Crippen LogP contribution is -2.16. The van der Waals surface area contributed by atoms with E-state index in [4.69, 9.17) is 4.74 Å². The number of carbonyl (C=O) groups excluding carboxylic acids is 1. The van der Waals surface area contributed by atoms with Crippen molar-refractivity contribution in [2.75, 3.05) is 6.26 Å². The number of alkyl halides is 3. The second-order valence-electron chi connectivity index (χ2n) is 5.35. The Kier molecular flexibility index (Phi) is 4.14. The number of nitrogens with one attached hydrogen (secondary N) is 1. The van der Waals surface area contributed by atoms with Crippen LogP contribution in [0.4, 0.5) is 13.2 Å². The monoisotopic (exact) mass is 341 g/mol. The lowest BCUT2D eigenvalue weighted by atomic mass is 10.00. The van der Waals surface area contributed by atoms with Gasteiger partial charge in [0.15, 0.2) is 5.76 Å². The molecule has 1 aliphatic heterocycles. The number of ketones is 1. The lowest BCUT2D eigenvalue weighted by Gasteiger charge is -2.10. The van der Waals surface area contributed by atoms with Gasteiger partial charge in [-0.2, -0.15) is 13.2 Å². The van der Waals surface area contributed by atoms with E-state index >= 15 is 0 Å². The van der Waals surface area contributed by atoms with Crippen LogP contribution in [0.15, 0.2) is 41.3 Å². The van der Waals surface area contributed by atoms with Crippen molar-refractivity contribution in [3.63, 3.8) is 0 Å². The molecule has 1 aliphatic carbocycles. The molecule has 3 nitrogen and oxygen atoms in total. The summed E-state index contributed by atoms with van der Waals surface area (Å²) in [6.45, 7) is 0. The van der Waals surface area contributed by atoms with E-state index in [9.17, 15) is 18.0 Å². The summed E-state index contributed by atoms with van der Waals surface area (Å²) in [6, 6.07) is 4.96. The average molecular weight is 341 g/mol. The first-order chi connectivity index (χ1) is 10.9. The summed E-state index contributed by atoms with van der Waals surface area (Å²) >= 11 is 1.30. The van der Waals surface area contributed by atoms with Crippen LogP contribution in [0.2, 0.25) is 0 Å². The minimum absolute atomic E-state index is 0.132. The summed E-state index contributed by atoms with van der Waals surface area (Å²) < 4.78 is 44.2. The van der Waals surface area contributed by atoms with Gasteiger partial charge in [-0.05, 0) is 36.8 Å². The number of rotatable bonds is 4. The molecule has 122 valence electrons. The van der Waals surface area contributed by atoms with Crippen LogP contribution in [0.5, 0.6) is 0 Å². The molecule has 1 aromatic carbocycles. The molecule has 1 saturated carbocycles. The topological polar surface area (TPSA) is 38.3 Å². The Bertz CT molecular complexity index is 706. The molecule has 1 aromatic rings. The van der Waals surface area contributed by atoms with Crippen LogP contribution in [-0.2, 0) is 15.7 Å². The number of hydrogen-bond acceptors (Lipinski definition) is 4. The fourth-order valence-corrected chi connectivity index (χ4v) is 2.62. The highest BCUT2D eigenvalue weighted by Gasteiger charge is 2.36. The fraction of sp³-hybridized carbons (Fsp3) is 0.312. The number of carbonyl (C=O) groups is 1. The fourth-order valence-electron chi connectivity index (χ4n) is 2.25. The van der Waals surface area contributed by atoms with Crippen molar-refractivity contribution in [3.8, 4) is 0 Å². The first-order valence-corrected chi connectivity index (χ1v) is 8.33. The van der Waals surface area contributed by atoms with Crippen molar-refractivity contribution in [1.29, 1.82) is 0 Å². The second kappa shape index (κ2) is 5.96. The molecule has 1 heterocycles. The molecule has 0 unspecified atom stereocenters. The predicted octanol–water partition coefficient (Wildman–Crippen LogP) is 3.93. The van der Waals surface area contributed by atoms with Crippen molar-refractivity contribution in [2.24, 2.45) is 0 Å². The van der Waals surface area contributed by atoms with Crippen LogP contribution in [-0.4, -0.2) is 18.1 Å². The third-order valence-electron chi connectivity index (χ3n) is 3.51. The zero-order valence-corrected chi connectivity index (χ0v) is 13.1. The SMILES string of the molecule is CS/C=C1/OC(NC2CC2)=C(c2cccc(C(F)(F)F)c2)C1=O. The number of allylic oxidation sites excluding steroid dienone is 1. The van der Waals surface area contributed by atoms with Gasteiger partial charge < -0.3 is 10.1 Å². The standard InChI is InChI=1S/C16H14F3NO2S/c1-23-8-12-14(21)13(15(22-12)20-11-5-6-11)9-3-2-4-10(7-9)16(17,18)19/h2-4,7-8,11,20H,5-6H2,1H3/b12-8+. The quantitative estimate of drug-likeness (QED) is 0.842. The van der Waals surface area contributed by atoms with E-state index in [-0.39, 0.29) is 28.8 Å². The highest BCUT2D eigenvalue weighted by Crippen LogP contribution is 2.37. The van der Waals surface area contributed by atoms with E-state index in [0.717, 1.165) is 25.0 Å². The average Bonchev–Trinajstić information content (AvgIpc) is 3.24. The van der Waals surface area contributed by atoms with Gasteiger partial charge >= 0.3 is 6.18 Å². The van der Waals surface area contributed by atoms with E-state index in [1.54, 1.807) is 11.7 Å². The second-order valence-corrected chi connectivity index (χ2v) is 6.06. The number of Topliss-reactive ketones (excluding diaryl/α,β-unsaturated/α-hetero) is 1. The summed E-state index contributed by atoms with van der Waals surface area (Å²) in [5, 5.41) is 4.64. The molecule has 1 N–H and O–H groups in total. The normalized spacial score (nSPS) is 20.2. The van der Waals surface area contributed by atoms with Crippen LogP contribution in [0.25, 0.3) is 5.57 Å². The molecular weight excluding hydrogens is 327 g/mol. The van der Waals surface area contributed by atoms with E-state index < -0.39 is 17.5 Å². The first kappa shape index (κ1) is 16.0. The maximum atomic E-state index is 12.9. The van der Waals surface area contributed by atoms with Gasteiger partial charge in [0.25, 0.3) is 0 Å². The van der Waals surface area contributed by atoms with Crippen molar-refractivity contribution in [1.82, 2.24) is 5.32 Å². The highest BCUT2D eigenvalue weighted by atomic mass is 32.2. The zero-order chi connectivity index (χ0) is 16.6. The Morgan fingerprint density at radius 2 is 2.09 bits per heavy atom. The maximum absolute atomic E-state index is 12.9. The van der Waals surface area contributed by atoms with Gasteiger partial charge in [0.1, 0.15) is 0 Å². The number of thioether (sulfide) groups is 1. The van der Waals surface area contributed by atoms with Crippen LogP contribution in [0.3, 0.4) is 0 Å². The highest BCUT2D eigenvalue weighted by molar-refractivity contribution is 8.01. The Balaban J connectivity index is 2.02. The van der Waals surface area contributed by atoms with Gasteiger partial charge in [-0.15, -0.1) is 11.8 Å². The van der Waals surface area contributed by atoms with Crippen molar-refractivity contribution in [3.05, 3.63) is 52.4 Å². The minimum atomic E-state index is -4.46. The summed E-state index contributed by atoms with van der Waals surface area (Å²) in [6.07, 6.45) is -0.766. The molecule has 0 aromatic heterocycles. The molecule has 23 heavy (non-hydrogen) atoms. The third-order valence-corrected chi connectivity index (χ3v) is 3.96. The lowest BCUT2D eigenvalue weighted by molar-refractivity contribution is -0.137. The van der Waals surface area contributed by atoms with E-state index in [1.807, 2.05) is 0 Å². The van der Waals surface area contributed by atoms with Crippen LogP contribution < -0.4 is 5.32 Å². The first-order valence-electron chi connectivity index (χ1n) is 7.04. The molecule has 1 fully saturated rings. The van der Waals surface area contributed by atoms with Crippen LogP contribution in [0.1, 0.15) is 24.0 Å². The number of ether oxygens (including phenoxy) is 1. The smallest absolute Gasteiger partial charge is 0.416 e. The maximum Gasteiger partial charge on any atom is 0.416 e. The van der Waals surface area contributed by atoms with Crippen LogP contribution in [0, 0.1) is 0 Å². The van der Waals surface area contributed by atoms with Gasteiger partial charge in [-0.3, -0.25) is 4.79 Å². The van der Waals surface area contributed by atoms with Crippen LogP contribution >= 0.6 is 11.8 Å². The zero-order valence-electron chi connectivity index (χ0n) is 12.2. The van der Waals surface area contributed by atoms with E-state index in [2.05, 4.69) is 5.32 Å². The third kappa shape index (κ3) is 3.39. The molecule has 0 saturated heterocycles. The van der Waals surface area contributed by atoms with Gasteiger partial charge in [-0.25, -0.2) is 0 Å². The number of benzene rings is 1. The predicted molar refractivity (Wildman–Crippen MR) is 82.2 cm³/mol. The molecule has 0 atom stereocenters. The Morgan fingerprint density at radius 3 is 2.70 bits per heavy atom. The summed E-state index contributed by atoms with van der Waals surface area (Å²) in [4.78, 5) is 12.5. The van der Waals surface area contributed by atoms with Gasteiger partial charge in [0, 0.05) is 11.4 Å². The van der Waals surface area contributed by atoms with Gasteiger partial charge in [-0.1, -0.05) is 12.1 Å².